The van der Waals surface area contributed by atoms with Crippen molar-refractivity contribution in [2.45, 2.75) is 6.54 Å². The molecule has 0 heterocycles. The summed E-state index contributed by atoms with van der Waals surface area (Å²) in [4.78, 5) is 0. The summed E-state index contributed by atoms with van der Waals surface area (Å²) in [7, 11) is 0. The predicted octanol–water partition coefficient (Wildman–Crippen LogP) is 2.40. The summed E-state index contributed by atoms with van der Waals surface area (Å²) in [6.07, 6.45) is 0. The Morgan fingerprint density at radius 1 is 1.50 bits per heavy atom. The second kappa shape index (κ2) is 3.55. The van der Waals surface area contributed by atoms with Crippen LogP contribution in [0.15, 0.2) is 18.2 Å². The molecule has 0 saturated heterocycles. The average Bonchev–Trinajstić information content (AvgIpc) is 1.88. The lowest BCUT2D eigenvalue weighted by atomic mass is 10.2. The highest BCUT2D eigenvalue weighted by Crippen LogP contribution is 2.17. The van der Waals surface area contributed by atoms with Gasteiger partial charge in [0, 0.05) is 15.1 Å². The lowest BCUT2D eigenvalue weighted by Crippen LogP contribution is -1.96. The quantitative estimate of drug-likeness (QED) is 0.777. The zero-order valence-corrected chi connectivity index (χ0v) is 8.19. The van der Waals surface area contributed by atoms with Gasteiger partial charge in [-0.15, -0.1) is 0 Å². The van der Waals surface area contributed by atoms with Crippen LogP contribution in [0.2, 0.25) is 5.02 Å². The van der Waals surface area contributed by atoms with E-state index in [1.165, 1.54) is 0 Å². The zero-order valence-electron chi connectivity index (χ0n) is 5.27. The van der Waals surface area contributed by atoms with Crippen molar-refractivity contribution >= 4 is 34.2 Å². The molecule has 0 radical (unpaired) electrons. The van der Waals surface area contributed by atoms with Crippen LogP contribution in [0.4, 0.5) is 0 Å². The number of rotatable bonds is 1. The van der Waals surface area contributed by atoms with E-state index >= 15 is 0 Å². The summed E-state index contributed by atoms with van der Waals surface area (Å²) < 4.78 is 1.14. The molecule has 0 aromatic heterocycles. The first-order chi connectivity index (χ1) is 4.74. The highest BCUT2D eigenvalue weighted by molar-refractivity contribution is 14.1. The van der Waals surface area contributed by atoms with Crippen molar-refractivity contribution in [2.24, 2.45) is 5.73 Å². The van der Waals surface area contributed by atoms with Gasteiger partial charge in [0.05, 0.1) is 0 Å². The minimum absolute atomic E-state index is 0.510. The Labute approximate surface area is 78.7 Å². The molecular formula is C7H7ClIN. The van der Waals surface area contributed by atoms with Crippen LogP contribution in [-0.2, 0) is 6.54 Å². The molecule has 0 aliphatic rings. The summed E-state index contributed by atoms with van der Waals surface area (Å²) in [5.41, 5.74) is 6.42. The van der Waals surface area contributed by atoms with Crippen LogP contribution in [0.1, 0.15) is 5.56 Å². The van der Waals surface area contributed by atoms with Crippen molar-refractivity contribution in [3.05, 3.63) is 32.4 Å². The fourth-order valence-corrected chi connectivity index (χ4v) is 1.62. The Bertz CT molecular complexity index is 237. The fraction of sp³-hybridized carbons (Fsp3) is 0.143. The Kier molecular flexibility index (Phi) is 2.95. The van der Waals surface area contributed by atoms with E-state index in [0.29, 0.717) is 6.54 Å². The largest absolute Gasteiger partial charge is 0.326 e. The van der Waals surface area contributed by atoms with Gasteiger partial charge in [-0.2, -0.15) is 0 Å². The smallest absolute Gasteiger partial charge is 0.0461 e. The van der Waals surface area contributed by atoms with Crippen molar-refractivity contribution in [3.63, 3.8) is 0 Å². The minimum atomic E-state index is 0.510. The number of nitrogens with two attached hydrogens (primary N) is 1. The molecule has 1 aromatic carbocycles. The van der Waals surface area contributed by atoms with E-state index in [2.05, 4.69) is 22.6 Å². The highest BCUT2D eigenvalue weighted by atomic mass is 127. The molecule has 3 heteroatoms. The summed E-state index contributed by atoms with van der Waals surface area (Å²) in [6.45, 7) is 0.510. The molecule has 1 nitrogen and oxygen atoms in total. The number of halogens is 2. The number of hydrogen-bond acceptors (Lipinski definition) is 1. The molecule has 0 unspecified atom stereocenters. The van der Waals surface area contributed by atoms with Crippen LogP contribution in [0.25, 0.3) is 0 Å². The van der Waals surface area contributed by atoms with E-state index < -0.39 is 0 Å². The van der Waals surface area contributed by atoms with E-state index in [1.54, 1.807) is 0 Å². The standard InChI is InChI=1S/C7H7ClIN/c8-7-3-6(9)2-1-5(7)4-10/h1-3H,4,10H2. The molecule has 0 fully saturated rings. The van der Waals surface area contributed by atoms with Gasteiger partial charge in [-0.1, -0.05) is 17.7 Å². The van der Waals surface area contributed by atoms with Gasteiger partial charge in [0.1, 0.15) is 0 Å². The molecule has 0 amide bonds. The maximum Gasteiger partial charge on any atom is 0.0461 e. The average molecular weight is 267 g/mol. The second-order valence-electron chi connectivity index (χ2n) is 1.94. The van der Waals surface area contributed by atoms with Crippen molar-refractivity contribution < 1.29 is 0 Å². The molecule has 54 valence electrons. The maximum atomic E-state index is 5.84. The van der Waals surface area contributed by atoms with Gasteiger partial charge in [0.2, 0.25) is 0 Å². The monoisotopic (exact) mass is 267 g/mol. The molecular weight excluding hydrogens is 260 g/mol. The topological polar surface area (TPSA) is 26.0 Å². The molecule has 0 saturated carbocycles. The summed E-state index contributed by atoms with van der Waals surface area (Å²) in [5.74, 6) is 0. The van der Waals surface area contributed by atoms with Gasteiger partial charge in [0.25, 0.3) is 0 Å². The first kappa shape index (κ1) is 8.30. The van der Waals surface area contributed by atoms with Crippen LogP contribution in [0.3, 0.4) is 0 Å². The lowest BCUT2D eigenvalue weighted by molar-refractivity contribution is 1.07. The molecule has 10 heavy (non-hydrogen) atoms. The Morgan fingerprint density at radius 3 is 2.70 bits per heavy atom. The maximum absolute atomic E-state index is 5.84. The Hall–Kier alpha value is 0.200. The minimum Gasteiger partial charge on any atom is -0.326 e. The predicted molar refractivity (Wildman–Crippen MR) is 52.1 cm³/mol. The molecule has 1 aromatic rings. The summed E-state index contributed by atoms with van der Waals surface area (Å²) in [5, 5.41) is 0.759. The lowest BCUT2D eigenvalue weighted by Gasteiger charge is -1.99. The van der Waals surface area contributed by atoms with Crippen LogP contribution in [-0.4, -0.2) is 0 Å². The van der Waals surface area contributed by atoms with Crippen molar-refractivity contribution in [3.8, 4) is 0 Å². The van der Waals surface area contributed by atoms with Crippen LogP contribution >= 0.6 is 34.2 Å². The van der Waals surface area contributed by atoms with E-state index in [4.69, 9.17) is 17.3 Å². The molecule has 0 bridgehead atoms. The van der Waals surface area contributed by atoms with Gasteiger partial charge in [-0.05, 0) is 40.3 Å². The van der Waals surface area contributed by atoms with Gasteiger partial charge in [-0.3, -0.25) is 0 Å². The third kappa shape index (κ3) is 1.84. The highest BCUT2D eigenvalue weighted by Gasteiger charge is 1.96. The van der Waals surface area contributed by atoms with Crippen molar-refractivity contribution in [1.82, 2.24) is 0 Å². The van der Waals surface area contributed by atoms with Crippen molar-refractivity contribution in [2.75, 3.05) is 0 Å². The van der Waals surface area contributed by atoms with Gasteiger partial charge >= 0.3 is 0 Å². The zero-order chi connectivity index (χ0) is 7.56. The Balaban J connectivity index is 3.07. The summed E-state index contributed by atoms with van der Waals surface area (Å²) >= 11 is 8.06. The number of hydrogen-bond donors (Lipinski definition) is 1. The van der Waals surface area contributed by atoms with Gasteiger partial charge in [-0.25, -0.2) is 0 Å². The normalized spacial score (nSPS) is 9.90. The first-order valence-corrected chi connectivity index (χ1v) is 4.33. The fourth-order valence-electron chi connectivity index (χ4n) is 0.687. The van der Waals surface area contributed by atoms with E-state index in [9.17, 15) is 0 Å². The van der Waals surface area contributed by atoms with E-state index in [1.807, 2.05) is 18.2 Å². The molecule has 0 spiro atoms. The van der Waals surface area contributed by atoms with Crippen LogP contribution in [0, 0.1) is 3.57 Å². The third-order valence-corrected chi connectivity index (χ3v) is 2.26. The van der Waals surface area contributed by atoms with Crippen molar-refractivity contribution in [1.29, 1.82) is 0 Å². The second-order valence-corrected chi connectivity index (χ2v) is 3.59. The van der Waals surface area contributed by atoms with Crippen LogP contribution < -0.4 is 5.73 Å². The first-order valence-electron chi connectivity index (χ1n) is 2.88. The molecule has 0 atom stereocenters. The Morgan fingerprint density at radius 2 is 2.20 bits per heavy atom. The van der Waals surface area contributed by atoms with Gasteiger partial charge in [0.15, 0.2) is 0 Å². The molecule has 0 aliphatic heterocycles. The molecule has 1 rings (SSSR count). The third-order valence-electron chi connectivity index (χ3n) is 1.24. The van der Waals surface area contributed by atoms with Gasteiger partial charge < -0.3 is 5.73 Å². The molecule has 0 aliphatic carbocycles. The van der Waals surface area contributed by atoms with E-state index in [0.717, 1.165) is 14.2 Å². The van der Waals surface area contributed by atoms with E-state index in [-0.39, 0.29) is 0 Å². The summed E-state index contributed by atoms with van der Waals surface area (Å²) in [6, 6.07) is 5.85. The molecule has 2 N–H and O–H groups in total. The SMILES string of the molecule is NCc1ccc(I)cc1Cl. The number of benzene rings is 1. The van der Waals surface area contributed by atoms with Crippen LogP contribution in [0.5, 0.6) is 0 Å².